The Bertz CT molecular complexity index is 47.7. The Balaban J connectivity index is 2.72. The molecule has 0 radical (unpaired) electrons. The van der Waals surface area contributed by atoms with E-state index in [0.29, 0.717) is 0 Å². The molecular weight excluding hydrogens is 120 g/mol. The topological polar surface area (TPSA) is 29.3 Å². The van der Waals surface area contributed by atoms with Gasteiger partial charge in [-0.2, -0.15) is 0 Å². The lowest BCUT2D eigenvalue weighted by Gasteiger charge is -2.06. The molecule has 0 atom stereocenters. The Morgan fingerprint density at radius 1 is 1.50 bits per heavy atom. The van der Waals surface area contributed by atoms with Gasteiger partial charge >= 0.3 is 0 Å². The fourth-order valence-electron chi connectivity index (χ4n) is 0.330. The van der Waals surface area contributed by atoms with Crippen LogP contribution >= 0.6 is 11.8 Å². The molecule has 0 unspecified atom stereocenters. The van der Waals surface area contributed by atoms with Crippen molar-refractivity contribution in [2.24, 2.45) is 5.73 Å². The van der Waals surface area contributed by atoms with Crippen molar-refractivity contribution in [3.05, 3.63) is 0 Å². The summed E-state index contributed by atoms with van der Waals surface area (Å²) in [4.78, 5) is 2.14. The lowest BCUT2D eigenvalue weighted by molar-refractivity contribution is 0.485. The Morgan fingerprint density at radius 2 is 2.12 bits per heavy atom. The van der Waals surface area contributed by atoms with Crippen LogP contribution in [0, 0.1) is 0 Å². The van der Waals surface area contributed by atoms with Crippen molar-refractivity contribution in [1.29, 1.82) is 0 Å². The van der Waals surface area contributed by atoms with Gasteiger partial charge in [-0.05, 0) is 14.1 Å². The summed E-state index contributed by atoms with van der Waals surface area (Å²) in [6.45, 7) is 0.790. The van der Waals surface area contributed by atoms with Crippen molar-refractivity contribution in [3.63, 3.8) is 0 Å². The summed E-state index contributed by atoms with van der Waals surface area (Å²) in [6, 6.07) is 0. The van der Waals surface area contributed by atoms with Crippen LogP contribution in [-0.4, -0.2) is 37.2 Å². The van der Waals surface area contributed by atoms with Gasteiger partial charge < -0.3 is 10.6 Å². The minimum atomic E-state index is 0.790. The van der Waals surface area contributed by atoms with Crippen molar-refractivity contribution in [2.45, 2.75) is 0 Å². The highest BCUT2D eigenvalue weighted by Gasteiger charge is 1.86. The molecule has 0 amide bonds. The van der Waals surface area contributed by atoms with Crippen molar-refractivity contribution in [3.8, 4) is 0 Å². The van der Waals surface area contributed by atoms with Crippen molar-refractivity contribution < 1.29 is 0 Å². The first kappa shape index (κ1) is 8.27. The third kappa shape index (κ3) is 6.27. The van der Waals surface area contributed by atoms with Gasteiger partial charge in [0, 0.05) is 18.2 Å². The monoisotopic (exact) mass is 134 g/mol. The molecule has 0 rings (SSSR count). The quantitative estimate of drug-likeness (QED) is 0.440. The van der Waals surface area contributed by atoms with E-state index >= 15 is 0 Å². The molecule has 2 nitrogen and oxygen atoms in total. The van der Waals surface area contributed by atoms with Crippen molar-refractivity contribution >= 4 is 11.8 Å². The molecule has 0 aliphatic rings. The zero-order chi connectivity index (χ0) is 6.41. The molecule has 0 fully saturated rings. The molecule has 0 aliphatic carbocycles. The smallest absolute Gasteiger partial charge is 0.0438 e. The first-order valence-electron chi connectivity index (χ1n) is 2.70. The van der Waals surface area contributed by atoms with Crippen molar-refractivity contribution in [2.75, 3.05) is 32.3 Å². The first-order chi connectivity index (χ1) is 3.77. The van der Waals surface area contributed by atoms with E-state index in [9.17, 15) is 0 Å². The highest BCUT2D eigenvalue weighted by molar-refractivity contribution is 7.99. The van der Waals surface area contributed by atoms with Gasteiger partial charge in [0.25, 0.3) is 0 Å². The van der Waals surface area contributed by atoms with Crippen LogP contribution in [0.4, 0.5) is 0 Å². The fourth-order valence-corrected chi connectivity index (χ4v) is 0.991. The number of nitrogens with two attached hydrogens (primary N) is 1. The molecule has 0 spiro atoms. The second kappa shape index (κ2) is 5.41. The van der Waals surface area contributed by atoms with E-state index in [-0.39, 0.29) is 0 Å². The van der Waals surface area contributed by atoms with E-state index < -0.39 is 0 Å². The van der Waals surface area contributed by atoms with Crippen LogP contribution in [-0.2, 0) is 0 Å². The molecule has 2 N–H and O–H groups in total. The van der Waals surface area contributed by atoms with Crippen molar-refractivity contribution in [1.82, 2.24) is 4.90 Å². The Labute approximate surface area is 55.4 Å². The van der Waals surface area contributed by atoms with Gasteiger partial charge in [0.2, 0.25) is 0 Å². The second-order valence-electron chi connectivity index (χ2n) is 1.91. The highest BCUT2D eigenvalue weighted by atomic mass is 32.2. The second-order valence-corrected chi connectivity index (χ2v) is 2.98. The molecule has 0 aliphatic heterocycles. The van der Waals surface area contributed by atoms with Crippen LogP contribution in [0.1, 0.15) is 0 Å². The molecule has 0 bridgehead atoms. The van der Waals surface area contributed by atoms with Gasteiger partial charge in [0.1, 0.15) is 0 Å². The van der Waals surface area contributed by atoms with Crippen LogP contribution in [0.25, 0.3) is 0 Å². The largest absolute Gasteiger partial charge is 0.330 e. The zero-order valence-corrected chi connectivity index (χ0v) is 6.37. The maximum atomic E-state index is 5.28. The van der Waals surface area contributed by atoms with E-state index in [4.69, 9.17) is 5.73 Å². The summed E-state index contributed by atoms with van der Waals surface area (Å²) in [5, 5.41) is 0. The van der Waals surface area contributed by atoms with Gasteiger partial charge in [0.15, 0.2) is 0 Å². The number of rotatable bonds is 4. The van der Waals surface area contributed by atoms with Crippen LogP contribution < -0.4 is 5.73 Å². The maximum absolute atomic E-state index is 5.28. The van der Waals surface area contributed by atoms with E-state index in [2.05, 4.69) is 19.0 Å². The molecule has 0 saturated carbocycles. The van der Waals surface area contributed by atoms with Gasteiger partial charge in [-0.25, -0.2) is 0 Å². The zero-order valence-electron chi connectivity index (χ0n) is 5.55. The Kier molecular flexibility index (Phi) is 5.59. The molecule has 3 heteroatoms. The minimum Gasteiger partial charge on any atom is -0.330 e. The number of thioether (sulfide) groups is 1. The number of nitrogens with zero attached hydrogens (tertiary/aromatic N) is 1. The van der Waals surface area contributed by atoms with E-state index in [1.807, 2.05) is 11.8 Å². The van der Waals surface area contributed by atoms with Crippen LogP contribution in [0.15, 0.2) is 0 Å². The normalized spacial score (nSPS) is 10.5. The number of hydrogen-bond donors (Lipinski definition) is 1. The molecule has 0 heterocycles. The molecule has 0 aromatic carbocycles. The molecule has 0 saturated heterocycles. The van der Waals surface area contributed by atoms with Crippen LogP contribution in [0.2, 0.25) is 0 Å². The third-order valence-electron chi connectivity index (χ3n) is 0.612. The van der Waals surface area contributed by atoms with E-state index in [1.165, 1.54) is 0 Å². The maximum Gasteiger partial charge on any atom is 0.0438 e. The minimum absolute atomic E-state index is 0.790. The summed E-state index contributed by atoms with van der Waals surface area (Å²) in [6.07, 6.45) is 0. The summed E-state index contributed by atoms with van der Waals surface area (Å²) < 4.78 is 0. The fraction of sp³-hybridized carbons (Fsp3) is 1.00. The van der Waals surface area contributed by atoms with Gasteiger partial charge in [-0.15, -0.1) is 11.8 Å². The summed E-state index contributed by atoms with van der Waals surface area (Å²) in [5.74, 6) is 2.15. The van der Waals surface area contributed by atoms with Crippen LogP contribution in [0.5, 0.6) is 0 Å². The summed E-state index contributed by atoms with van der Waals surface area (Å²) in [7, 11) is 4.12. The molecule has 0 aromatic rings. The average molecular weight is 134 g/mol. The summed E-state index contributed by atoms with van der Waals surface area (Å²) >= 11 is 1.86. The lowest BCUT2D eigenvalue weighted by atomic mass is 10.8. The molecule has 8 heavy (non-hydrogen) atoms. The van der Waals surface area contributed by atoms with Crippen LogP contribution in [0.3, 0.4) is 0 Å². The third-order valence-corrected chi connectivity index (χ3v) is 1.84. The Morgan fingerprint density at radius 3 is 2.50 bits per heavy atom. The van der Waals surface area contributed by atoms with E-state index in [0.717, 1.165) is 18.2 Å². The average Bonchev–Trinajstić information content (AvgIpc) is 1.66. The lowest BCUT2D eigenvalue weighted by Crippen LogP contribution is -2.12. The standard InChI is InChI=1S/C5H14N2S/c1-7(2)5-8-4-3-6/h3-6H2,1-2H3. The highest BCUT2D eigenvalue weighted by Crippen LogP contribution is 1.97. The number of hydrogen-bond acceptors (Lipinski definition) is 3. The Hall–Kier alpha value is 0.270. The first-order valence-corrected chi connectivity index (χ1v) is 3.85. The molecular formula is C5H14N2S. The predicted octanol–water partition coefficient (Wildman–Crippen LogP) is 0.197. The van der Waals surface area contributed by atoms with Gasteiger partial charge in [-0.1, -0.05) is 0 Å². The molecule has 50 valence electrons. The van der Waals surface area contributed by atoms with E-state index in [1.54, 1.807) is 0 Å². The van der Waals surface area contributed by atoms with Gasteiger partial charge in [-0.3, -0.25) is 0 Å². The summed E-state index contributed by atoms with van der Waals surface area (Å²) in [5.41, 5.74) is 5.28. The molecule has 0 aromatic heterocycles. The van der Waals surface area contributed by atoms with Gasteiger partial charge in [0.05, 0.1) is 0 Å². The predicted molar refractivity (Wildman–Crippen MR) is 40.1 cm³/mol. The SMILES string of the molecule is CN(C)CSCCN.